The number of hydrogen-bond donors (Lipinski definition) is 2. The maximum atomic E-state index is 11.8. The number of nitrogens with two attached hydrogens (primary N) is 1. The van der Waals surface area contributed by atoms with Crippen molar-refractivity contribution < 1.29 is 14.3 Å². The summed E-state index contributed by atoms with van der Waals surface area (Å²) in [6.45, 7) is 2.56. The van der Waals surface area contributed by atoms with E-state index in [-0.39, 0.29) is 11.9 Å². The van der Waals surface area contributed by atoms with Crippen LogP contribution in [0.5, 0.6) is 0 Å². The van der Waals surface area contributed by atoms with E-state index in [4.69, 9.17) is 10.5 Å². The first kappa shape index (κ1) is 15.2. The van der Waals surface area contributed by atoms with Crippen LogP contribution in [0.1, 0.15) is 31.4 Å². The second-order valence-electron chi connectivity index (χ2n) is 4.09. The monoisotopic (exact) mass is 264 g/mol. The van der Waals surface area contributed by atoms with Crippen LogP contribution in [0.3, 0.4) is 0 Å². The van der Waals surface area contributed by atoms with E-state index in [1.165, 1.54) is 0 Å². The van der Waals surface area contributed by atoms with E-state index >= 15 is 0 Å². The summed E-state index contributed by atoms with van der Waals surface area (Å²) >= 11 is 0. The van der Waals surface area contributed by atoms with Gasteiger partial charge in [-0.3, -0.25) is 9.59 Å². The van der Waals surface area contributed by atoms with Gasteiger partial charge < -0.3 is 15.8 Å². The first-order valence-electron chi connectivity index (χ1n) is 6.39. The minimum absolute atomic E-state index is 0.241. The lowest BCUT2D eigenvalue weighted by molar-refractivity contribution is -0.143. The molecule has 3 N–H and O–H groups in total. The Hall–Kier alpha value is -1.88. The fourth-order valence-corrected chi connectivity index (χ4v) is 1.60. The van der Waals surface area contributed by atoms with E-state index in [0.717, 1.165) is 5.56 Å². The molecule has 5 nitrogen and oxygen atoms in total. The Morgan fingerprint density at radius 3 is 2.63 bits per heavy atom. The molecule has 1 atom stereocenters. The molecule has 0 heterocycles. The van der Waals surface area contributed by atoms with Gasteiger partial charge in [0.25, 0.3) is 0 Å². The summed E-state index contributed by atoms with van der Waals surface area (Å²) in [6.07, 6.45) is 0.848. The number of ether oxygens (including phenoxy) is 1. The van der Waals surface area contributed by atoms with Crippen molar-refractivity contribution in [3.63, 3.8) is 0 Å². The fraction of sp³-hybridized carbons (Fsp3) is 0.429. The minimum Gasteiger partial charge on any atom is -0.466 e. The van der Waals surface area contributed by atoms with Crippen LogP contribution in [-0.2, 0) is 14.3 Å². The van der Waals surface area contributed by atoms with Gasteiger partial charge >= 0.3 is 5.97 Å². The second kappa shape index (κ2) is 8.26. The number of carbonyl (C=O) groups is 2. The van der Waals surface area contributed by atoms with Crippen molar-refractivity contribution in [3.8, 4) is 0 Å². The highest BCUT2D eigenvalue weighted by Gasteiger charge is 2.14. The van der Waals surface area contributed by atoms with E-state index < -0.39 is 6.04 Å². The molecule has 19 heavy (non-hydrogen) atoms. The SMILES string of the molecule is CCOC(=O)CCCNC(=O)[C@H](N)c1ccccc1. The first-order valence-corrected chi connectivity index (χ1v) is 6.39. The van der Waals surface area contributed by atoms with Crippen LogP contribution in [0, 0.1) is 0 Å². The summed E-state index contributed by atoms with van der Waals surface area (Å²) in [7, 11) is 0. The van der Waals surface area contributed by atoms with Gasteiger partial charge in [-0.05, 0) is 18.9 Å². The summed E-state index contributed by atoms with van der Waals surface area (Å²) in [6, 6.07) is 8.48. The molecule has 1 aromatic carbocycles. The van der Waals surface area contributed by atoms with Crippen molar-refractivity contribution in [2.24, 2.45) is 5.73 Å². The summed E-state index contributed by atoms with van der Waals surface area (Å²) < 4.78 is 4.79. The Morgan fingerprint density at radius 1 is 1.32 bits per heavy atom. The molecule has 0 saturated heterocycles. The van der Waals surface area contributed by atoms with Crippen LogP contribution < -0.4 is 11.1 Å². The van der Waals surface area contributed by atoms with Gasteiger partial charge in [0.1, 0.15) is 6.04 Å². The molecule has 0 unspecified atom stereocenters. The number of rotatable bonds is 7. The summed E-state index contributed by atoms with van der Waals surface area (Å²) in [5.41, 5.74) is 6.59. The van der Waals surface area contributed by atoms with Crippen LogP contribution in [0.2, 0.25) is 0 Å². The predicted molar refractivity (Wildman–Crippen MR) is 72.2 cm³/mol. The molecule has 0 radical (unpaired) electrons. The van der Waals surface area contributed by atoms with Crippen LogP contribution in [0.25, 0.3) is 0 Å². The normalized spacial score (nSPS) is 11.7. The van der Waals surface area contributed by atoms with Crippen LogP contribution in [0.15, 0.2) is 30.3 Å². The van der Waals surface area contributed by atoms with E-state index in [9.17, 15) is 9.59 Å². The quantitative estimate of drug-likeness (QED) is 0.571. The molecule has 0 saturated carbocycles. The average Bonchev–Trinajstić information content (AvgIpc) is 2.44. The highest BCUT2D eigenvalue weighted by Crippen LogP contribution is 2.09. The zero-order valence-electron chi connectivity index (χ0n) is 11.1. The van der Waals surface area contributed by atoms with Gasteiger partial charge in [0.2, 0.25) is 5.91 Å². The summed E-state index contributed by atoms with van der Waals surface area (Å²) in [4.78, 5) is 22.8. The molecule has 0 fully saturated rings. The molecule has 5 heteroatoms. The smallest absolute Gasteiger partial charge is 0.305 e. The van der Waals surface area contributed by atoms with Crippen LogP contribution >= 0.6 is 0 Å². The Kier molecular flexibility index (Phi) is 6.60. The number of benzene rings is 1. The Labute approximate surface area is 113 Å². The molecule has 0 bridgehead atoms. The van der Waals surface area contributed by atoms with Gasteiger partial charge in [-0.2, -0.15) is 0 Å². The number of nitrogens with one attached hydrogen (secondary N) is 1. The van der Waals surface area contributed by atoms with Crippen LogP contribution in [0.4, 0.5) is 0 Å². The largest absolute Gasteiger partial charge is 0.466 e. The lowest BCUT2D eigenvalue weighted by Crippen LogP contribution is -2.34. The van der Waals surface area contributed by atoms with Gasteiger partial charge in [0.15, 0.2) is 0 Å². The van der Waals surface area contributed by atoms with Crippen molar-refractivity contribution in [1.82, 2.24) is 5.32 Å². The van der Waals surface area contributed by atoms with Gasteiger partial charge in [-0.15, -0.1) is 0 Å². The third-order valence-corrected chi connectivity index (χ3v) is 2.60. The Balaban J connectivity index is 2.26. The van der Waals surface area contributed by atoms with E-state index in [2.05, 4.69) is 5.32 Å². The van der Waals surface area contributed by atoms with Gasteiger partial charge in [0.05, 0.1) is 6.61 Å². The molecule has 1 rings (SSSR count). The standard InChI is InChI=1S/C14H20N2O3/c1-2-19-12(17)9-6-10-16-14(18)13(15)11-7-4-3-5-8-11/h3-5,7-8,13H,2,6,9-10,15H2,1H3,(H,16,18)/t13-/m1/s1. The maximum Gasteiger partial charge on any atom is 0.305 e. The fourth-order valence-electron chi connectivity index (χ4n) is 1.60. The predicted octanol–water partition coefficient (Wildman–Crippen LogP) is 1.15. The lowest BCUT2D eigenvalue weighted by atomic mass is 10.1. The highest BCUT2D eigenvalue weighted by molar-refractivity contribution is 5.82. The second-order valence-corrected chi connectivity index (χ2v) is 4.09. The Morgan fingerprint density at radius 2 is 2.00 bits per heavy atom. The highest BCUT2D eigenvalue weighted by atomic mass is 16.5. The summed E-state index contributed by atoms with van der Waals surface area (Å²) in [5, 5.41) is 2.71. The molecule has 1 aromatic rings. The molecule has 104 valence electrons. The number of carbonyl (C=O) groups excluding carboxylic acids is 2. The molecule has 1 amide bonds. The van der Waals surface area contributed by atoms with Gasteiger partial charge in [-0.25, -0.2) is 0 Å². The maximum absolute atomic E-state index is 11.8. The van der Waals surface area contributed by atoms with Gasteiger partial charge in [0, 0.05) is 13.0 Å². The van der Waals surface area contributed by atoms with Gasteiger partial charge in [-0.1, -0.05) is 30.3 Å². The summed E-state index contributed by atoms with van der Waals surface area (Å²) in [5.74, 6) is -0.487. The van der Waals surface area contributed by atoms with Crippen molar-refractivity contribution in [2.45, 2.75) is 25.8 Å². The molecule has 0 aromatic heterocycles. The topological polar surface area (TPSA) is 81.4 Å². The lowest BCUT2D eigenvalue weighted by Gasteiger charge is -2.12. The number of amides is 1. The molecule has 0 spiro atoms. The third kappa shape index (κ3) is 5.52. The van der Waals surface area contributed by atoms with Crippen molar-refractivity contribution in [3.05, 3.63) is 35.9 Å². The van der Waals surface area contributed by atoms with E-state index in [1.807, 2.05) is 30.3 Å². The zero-order chi connectivity index (χ0) is 14.1. The van der Waals surface area contributed by atoms with Crippen molar-refractivity contribution in [1.29, 1.82) is 0 Å². The minimum atomic E-state index is -0.677. The number of esters is 1. The van der Waals surface area contributed by atoms with E-state index in [0.29, 0.717) is 26.0 Å². The molecule has 0 aliphatic rings. The molecule has 0 aliphatic carbocycles. The number of hydrogen-bond acceptors (Lipinski definition) is 4. The zero-order valence-corrected chi connectivity index (χ0v) is 11.1. The Bertz CT molecular complexity index is 406. The van der Waals surface area contributed by atoms with Crippen molar-refractivity contribution in [2.75, 3.05) is 13.2 Å². The third-order valence-electron chi connectivity index (χ3n) is 2.60. The molecular weight excluding hydrogens is 244 g/mol. The van der Waals surface area contributed by atoms with Crippen molar-refractivity contribution >= 4 is 11.9 Å². The molecule has 0 aliphatic heterocycles. The van der Waals surface area contributed by atoms with E-state index in [1.54, 1.807) is 6.92 Å². The van der Waals surface area contributed by atoms with Crippen LogP contribution in [-0.4, -0.2) is 25.0 Å². The molecular formula is C14H20N2O3. The average molecular weight is 264 g/mol. The first-order chi connectivity index (χ1) is 9.15.